The first kappa shape index (κ1) is 20.2. The van der Waals surface area contributed by atoms with Crippen LogP contribution in [0.4, 0.5) is 5.69 Å². The second kappa shape index (κ2) is 9.12. The quantitative estimate of drug-likeness (QED) is 0.563. The van der Waals surface area contributed by atoms with Gasteiger partial charge in [-0.3, -0.25) is 4.79 Å². The Morgan fingerprint density at radius 1 is 1.21 bits per heavy atom. The Balaban J connectivity index is 1.78. The maximum Gasteiger partial charge on any atom is 0.237 e. The number of hydrogen-bond donors (Lipinski definition) is 1. The Kier molecular flexibility index (Phi) is 6.59. The van der Waals surface area contributed by atoms with Gasteiger partial charge in [-0.05, 0) is 50.2 Å². The van der Waals surface area contributed by atoms with Gasteiger partial charge in [-0.25, -0.2) is 0 Å². The average Bonchev–Trinajstić information content (AvgIpc) is 3.11. The van der Waals surface area contributed by atoms with Crippen molar-refractivity contribution in [2.45, 2.75) is 30.8 Å². The van der Waals surface area contributed by atoms with Crippen LogP contribution in [-0.4, -0.2) is 33.0 Å². The summed E-state index contributed by atoms with van der Waals surface area (Å²) >= 11 is 7.25. The topological polar surface area (TPSA) is 69.0 Å². The molecule has 0 aliphatic rings. The maximum atomic E-state index is 12.5. The molecule has 146 valence electrons. The molecule has 8 heteroatoms. The largest absolute Gasteiger partial charge is 0.496 e. The zero-order chi connectivity index (χ0) is 20.1. The van der Waals surface area contributed by atoms with Crippen molar-refractivity contribution in [2.24, 2.45) is 0 Å². The number of para-hydroxylation sites is 1. The van der Waals surface area contributed by atoms with Gasteiger partial charge in [0, 0.05) is 17.3 Å². The van der Waals surface area contributed by atoms with Crippen LogP contribution < -0.4 is 10.1 Å². The minimum Gasteiger partial charge on any atom is -0.496 e. The Morgan fingerprint density at radius 3 is 2.61 bits per heavy atom. The molecule has 1 aromatic heterocycles. The molecule has 0 aliphatic carbocycles. The van der Waals surface area contributed by atoms with Crippen LogP contribution in [0, 0.1) is 0 Å². The van der Waals surface area contributed by atoms with Crippen molar-refractivity contribution in [3.8, 4) is 17.1 Å². The molecule has 1 amide bonds. The molecule has 1 atom stereocenters. The molecule has 0 saturated carbocycles. The summed E-state index contributed by atoms with van der Waals surface area (Å²) in [5.41, 5.74) is 1.57. The number of benzene rings is 2. The first-order valence-corrected chi connectivity index (χ1v) is 10.1. The van der Waals surface area contributed by atoms with Gasteiger partial charge in [-0.2, -0.15) is 0 Å². The van der Waals surface area contributed by atoms with Crippen molar-refractivity contribution in [3.05, 3.63) is 53.6 Å². The summed E-state index contributed by atoms with van der Waals surface area (Å²) in [7, 11) is 1.63. The Labute approximate surface area is 173 Å². The lowest BCUT2D eigenvalue weighted by molar-refractivity contribution is -0.115. The van der Waals surface area contributed by atoms with Crippen molar-refractivity contribution < 1.29 is 9.53 Å². The number of carbonyl (C=O) groups excluding carboxylic acids is 1. The van der Waals surface area contributed by atoms with Gasteiger partial charge in [0.25, 0.3) is 0 Å². The molecule has 6 nitrogen and oxygen atoms in total. The Morgan fingerprint density at radius 2 is 1.93 bits per heavy atom. The fourth-order valence-corrected chi connectivity index (χ4v) is 3.72. The van der Waals surface area contributed by atoms with Crippen LogP contribution >= 0.6 is 23.4 Å². The van der Waals surface area contributed by atoms with E-state index < -0.39 is 0 Å². The van der Waals surface area contributed by atoms with Crippen LogP contribution in [0.15, 0.2) is 53.7 Å². The summed E-state index contributed by atoms with van der Waals surface area (Å²) in [5.74, 6) is 1.33. The van der Waals surface area contributed by atoms with E-state index in [1.54, 1.807) is 31.4 Å². The van der Waals surface area contributed by atoms with Crippen LogP contribution in [0.1, 0.15) is 13.8 Å². The molecule has 0 radical (unpaired) electrons. The lowest BCUT2D eigenvalue weighted by Gasteiger charge is -2.13. The number of methoxy groups -OCH3 is 1. The molecule has 1 N–H and O–H groups in total. The second-order valence-corrected chi connectivity index (χ2v) is 7.75. The van der Waals surface area contributed by atoms with Gasteiger partial charge in [-0.15, -0.1) is 10.2 Å². The smallest absolute Gasteiger partial charge is 0.237 e. The molecule has 0 bridgehead atoms. The highest BCUT2D eigenvalue weighted by molar-refractivity contribution is 8.00. The van der Waals surface area contributed by atoms with Crippen LogP contribution in [0.5, 0.6) is 5.75 Å². The highest BCUT2D eigenvalue weighted by Crippen LogP contribution is 2.32. The number of carbonyl (C=O) groups is 1. The molecule has 0 fully saturated rings. The van der Waals surface area contributed by atoms with Gasteiger partial charge >= 0.3 is 0 Å². The van der Waals surface area contributed by atoms with Crippen molar-refractivity contribution in [3.63, 3.8) is 0 Å². The fraction of sp³-hybridized carbons (Fsp3) is 0.250. The first-order chi connectivity index (χ1) is 13.5. The standard InChI is InChI=1S/C20H21ClN4O2S/c1-4-25-18(16-7-5-6-8-17(16)27-3)23-24-20(25)28-13(2)19(26)22-15-11-9-14(21)10-12-15/h5-13H,4H2,1-3H3,(H,22,26)/t13-/m1/s1. The molecule has 28 heavy (non-hydrogen) atoms. The molecule has 3 aromatic rings. The molecular formula is C20H21ClN4O2S. The number of rotatable bonds is 7. The van der Waals surface area contributed by atoms with Crippen molar-refractivity contribution in [2.75, 3.05) is 12.4 Å². The zero-order valence-corrected chi connectivity index (χ0v) is 17.4. The SMILES string of the molecule is CCn1c(S[C@H](C)C(=O)Nc2ccc(Cl)cc2)nnc1-c1ccccc1OC. The lowest BCUT2D eigenvalue weighted by Crippen LogP contribution is -2.22. The highest BCUT2D eigenvalue weighted by atomic mass is 35.5. The number of nitrogens with one attached hydrogen (secondary N) is 1. The highest BCUT2D eigenvalue weighted by Gasteiger charge is 2.21. The van der Waals surface area contributed by atoms with Crippen molar-refractivity contribution >= 4 is 35.0 Å². The lowest BCUT2D eigenvalue weighted by atomic mass is 10.2. The van der Waals surface area contributed by atoms with Gasteiger partial charge in [-0.1, -0.05) is 35.5 Å². The predicted octanol–water partition coefficient (Wildman–Crippen LogP) is 4.75. The molecule has 0 spiro atoms. The number of thioether (sulfide) groups is 1. The number of halogens is 1. The van der Waals surface area contributed by atoms with Gasteiger partial charge in [0.15, 0.2) is 11.0 Å². The minimum absolute atomic E-state index is 0.114. The van der Waals surface area contributed by atoms with E-state index in [1.807, 2.05) is 42.7 Å². The van der Waals surface area contributed by atoms with E-state index >= 15 is 0 Å². The third kappa shape index (κ3) is 4.48. The average molecular weight is 417 g/mol. The predicted molar refractivity (Wildman–Crippen MR) is 113 cm³/mol. The molecular weight excluding hydrogens is 396 g/mol. The summed E-state index contributed by atoms with van der Waals surface area (Å²) in [6.45, 7) is 4.53. The van der Waals surface area contributed by atoms with E-state index in [-0.39, 0.29) is 11.2 Å². The monoisotopic (exact) mass is 416 g/mol. The molecule has 0 saturated heterocycles. The first-order valence-electron chi connectivity index (χ1n) is 8.83. The van der Waals surface area contributed by atoms with Crippen LogP contribution in [0.2, 0.25) is 5.02 Å². The van der Waals surface area contributed by atoms with Gasteiger partial charge in [0.1, 0.15) is 5.75 Å². The van der Waals surface area contributed by atoms with Crippen molar-refractivity contribution in [1.82, 2.24) is 14.8 Å². The molecule has 0 unspecified atom stereocenters. The number of hydrogen-bond acceptors (Lipinski definition) is 5. The van der Waals surface area contributed by atoms with Crippen molar-refractivity contribution in [1.29, 1.82) is 0 Å². The number of anilines is 1. The number of ether oxygens (including phenoxy) is 1. The summed E-state index contributed by atoms with van der Waals surface area (Å²) in [5, 5.41) is 12.5. The van der Waals surface area contributed by atoms with Gasteiger partial charge in [0.2, 0.25) is 5.91 Å². The number of nitrogens with zero attached hydrogens (tertiary/aromatic N) is 3. The van der Waals surface area contributed by atoms with E-state index in [0.29, 0.717) is 28.2 Å². The summed E-state index contributed by atoms with van der Waals surface area (Å²) in [6, 6.07) is 14.7. The summed E-state index contributed by atoms with van der Waals surface area (Å²) < 4.78 is 7.42. The van der Waals surface area contributed by atoms with Gasteiger partial charge in [0.05, 0.1) is 17.9 Å². The van der Waals surface area contributed by atoms with Crippen LogP contribution in [-0.2, 0) is 11.3 Å². The van der Waals surface area contributed by atoms with E-state index in [4.69, 9.17) is 16.3 Å². The number of aromatic nitrogens is 3. The van der Waals surface area contributed by atoms with Crippen LogP contribution in [0.25, 0.3) is 11.4 Å². The summed E-state index contributed by atoms with van der Waals surface area (Å²) in [4.78, 5) is 12.5. The molecule has 1 heterocycles. The maximum absolute atomic E-state index is 12.5. The minimum atomic E-state index is -0.351. The molecule has 3 rings (SSSR count). The summed E-state index contributed by atoms with van der Waals surface area (Å²) in [6.07, 6.45) is 0. The van der Waals surface area contributed by atoms with Gasteiger partial charge < -0.3 is 14.6 Å². The number of amides is 1. The zero-order valence-electron chi connectivity index (χ0n) is 15.8. The normalized spacial score (nSPS) is 11.9. The van der Waals surface area contributed by atoms with E-state index in [9.17, 15) is 4.79 Å². The van der Waals surface area contributed by atoms with E-state index in [0.717, 1.165) is 11.3 Å². The van der Waals surface area contributed by atoms with E-state index in [2.05, 4.69) is 15.5 Å². The Hall–Kier alpha value is -2.51. The Bertz CT molecular complexity index is 959. The third-order valence-corrected chi connectivity index (χ3v) is 5.48. The fourth-order valence-electron chi connectivity index (χ4n) is 2.68. The second-order valence-electron chi connectivity index (χ2n) is 6.01. The molecule has 0 aliphatic heterocycles. The van der Waals surface area contributed by atoms with Crippen LogP contribution in [0.3, 0.4) is 0 Å². The van der Waals surface area contributed by atoms with E-state index in [1.165, 1.54) is 11.8 Å². The third-order valence-electron chi connectivity index (χ3n) is 4.14. The molecule has 2 aromatic carbocycles.